The number of aliphatic imine (C=N–C) groups is 1. The number of alkyl halides is 1. The van der Waals surface area contributed by atoms with Gasteiger partial charge in [0.2, 0.25) is 5.90 Å². The Hall–Kier alpha value is -3.60. The van der Waals surface area contributed by atoms with Crippen LogP contribution in [0.15, 0.2) is 89.9 Å². The van der Waals surface area contributed by atoms with Crippen molar-refractivity contribution in [1.29, 1.82) is 0 Å². The topological polar surface area (TPSA) is 40.0 Å². The molecule has 2 aliphatic rings. The summed E-state index contributed by atoms with van der Waals surface area (Å²) >= 11 is 0. The smallest absolute Gasteiger partial charge is 0.221 e. The number of halogens is 1. The highest BCUT2D eigenvalue weighted by Gasteiger charge is 2.26. The van der Waals surface area contributed by atoms with Crippen LogP contribution in [0.1, 0.15) is 48.8 Å². The summed E-state index contributed by atoms with van der Waals surface area (Å²) in [7, 11) is 0. The maximum absolute atomic E-state index is 14.1. The summed E-state index contributed by atoms with van der Waals surface area (Å²) in [5, 5.41) is 0. The Morgan fingerprint density at radius 2 is 1.54 bits per heavy atom. The van der Waals surface area contributed by atoms with Crippen LogP contribution < -0.4 is 9.47 Å². The van der Waals surface area contributed by atoms with Crippen molar-refractivity contribution in [2.45, 2.75) is 51.0 Å². The normalized spacial score (nSPS) is 20.1. The van der Waals surface area contributed by atoms with E-state index >= 15 is 0 Å². The van der Waals surface area contributed by atoms with Crippen molar-refractivity contribution in [3.8, 4) is 11.5 Å². The average Bonchev–Trinajstić information content (AvgIpc) is 3.17. The van der Waals surface area contributed by atoms with Crippen molar-refractivity contribution in [2.24, 2.45) is 4.99 Å². The quantitative estimate of drug-likeness (QED) is 0.368. The molecule has 2 atom stereocenters. The lowest BCUT2D eigenvalue weighted by atomic mass is 9.96. The first-order valence-corrected chi connectivity index (χ1v) is 12.3. The number of nitrogens with zero attached hydrogens (tertiary/aromatic N) is 1. The SMILES string of the molecule is FC1CCCCC1Oc1ccc(C2=CCCOC(c3ccc(OCc4ccccc4)cc3)=N2)cc1. The van der Waals surface area contributed by atoms with Gasteiger partial charge in [-0.1, -0.05) is 42.8 Å². The first-order chi connectivity index (χ1) is 17.2. The highest BCUT2D eigenvalue weighted by atomic mass is 19.1. The molecule has 1 saturated carbocycles. The zero-order valence-electron chi connectivity index (χ0n) is 19.7. The molecule has 0 spiro atoms. The molecule has 1 aliphatic heterocycles. The van der Waals surface area contributed by atoms with Crippen LogP contribution >= 0.6 is 0 Å². The summed E-state index contributed by atoms with van der Waals surface area (Å²) in [5.41, 5.74) is 3.86. The first kappa shape index (κ1) is 23.2. The minimum Gasteiger partial charge on any atom is -0.489 e. The van der Waals surface area contributed by atoms with Crippen molar-refractivity contribution in [3.05, 3.63) is 102 Å². The second-order valence-corrected chi connectivity index (χ2v) is 8.92. The molecular formula is C30H30FNO3. The average molecular weight is 472 g/mol. The van der Waals surface area contributed by atoms with E-state index in [0.29, 0.717) is 31.3 Å². The molecule has 1 aliphatic carbocycles. The fraction of sp³-hybridized carbons (Fsp3) is 0.300. The van der Waals surface area contributed by atoms with E-state index in [0.717, 1.165) is 53.8 Å². The first-order valence-electron chi connectivity index (χ1n) is 12.3. The van der Waals surface area contributed by atoms with Crippen molar-refractivity contribution in [3.63, 3.8) is 0 Å². The van der Waals surface area contributed by atoms with Crippen LogP contribution in [-0.2, 0) is 11.3 Å². The maximum Gasteiger partial charge on any atom is 0.221 e. The molecule has 35 heavy (non-hydrogen) atoms. The largest absolute Gasteiger partial charge is 0.489 e. The summed E-state index contributed by atoms with van der Waals surface area (Å²) in [6.45, 7) is 1.09. The van der Waals surface area contributed by atoms with Crippen LogP contribution in [0.2, 0.25) is 0 Å². The van der Waals surface area contributed by atoms with E-state index < -0.39 is 6.17 Å². The van der Waals surface area contributed by atoms with Crippen LogP contribution in [0.25, 0.3) is 5.70 Å². The zero-order valence-corrected chi connectivity index (χ0v) is 19.7. The third kappa shape index (κ3) is 6.10. The highest BCUT2D eigenvalue weighted by Crippen LogP contribution is 2.28. The van der Waals surface area contributed by atoms with E-state index in [9.17, 15) is 4.39 Å². The van der Waals surface area contributed by atoms with E-state index in [-0.39, 0.29) is 6.10 Å². The van der Waals surface area contributed by atoms with Gasteiger partial charge < -0.3 is 14.2 Å². The summed E-state index contributed by atoms with van der Waals surface area (Å²) < 4.78 is 31.9. The summed E-state index contributed by atoms with van der Waals surface area (Å²) in [5.74, 6) is 2.09. The van der Waals surface area contributed by atoms with E-state index in [1.807, 2.05) is 78.9 Å². The highest BCUT2D eigenvalue weighted by molar-refractivity contribution is 5.98. The van der Waals surface area contributed by atoms with Crippen molar-refractivity contribution >= 4 is 11.6 Å². The fourth-order valence-electron chi connectivity index (χ4n) is 4.37. The molecule has 180 valence electrons. The Morgan fingerprint density at radius 3 is 2.31 bits per heavy atom. The Balaban J connectivity index is 1.25. The zero-order chi connectivity index (χ0) is 23.9. The maximum atomic E-state index is 14.1. The minimum absolute atomic E-state index is 0.343. The van der Waals surface area contributed by atoms with Gasteiger partial charge in [-0.25, -0.2) is 9.38 Å². The molecule has 1 fully saturated rings. The van der Waals surface area contributed by atoms with Gasteiger partial charge in [0, 0.05) is 17.5 Å². The molecule has 3 aromatic rings. The van der Waals surface area contributed by atoms with Gasteiger partial charge in [-0.15, -0.1) is 0 Å². The lowest BCUT2D eigenvalue weighted by Gasteiger charge is -2.26. The monoisotopic (exact) mass is 471 g/mol. The Kier molecular flexibility index (Phi) is 7.42. The predicted molar refractivity (Wildman–Crippen MR) is 137 cm³/mol. The number of rotatable bonds is 7. The van der Waals surface area contributed by atoms with E-state index in [2.05, 4.69) is 6.08 Å². The third-order valence-corrected chi connectivity index (χ3v) is 6.33. The molecule has 0 amide bonds. The third-order valence-electron chi connectivity index (χ3n) is 6.33. The molecule has 0 aromatic heterocycles. The number of hydrogen-bond acceptors (Lipinski definition) is 4. The van der Waals surface area contributed by atoms with Crippen LogP contribution in [0, 0.1) is 0 Å². The minimum atomic E-state index is -0.882. The van der Waals surface area contributed by atoms with E-state index in [1.54, 1.807) is 0 Å². The molecule has 0 saturated heterocycles. The molecule has 4 nitrogen and oxygen atoms in total. The van der Waals surface area contributed by atoms with Crippen molar-refractivity contribution < 1.29 is 18.6 Å². The Labute approximate surface area is 206 Å². The van der Waals surface area contributed by atoms with Gasteiger partial charge in [-0.3, -0.25) is 0 Å². The van der Waals surface area contributed by atoms with Crippen LogP contribution in [0.5, 0.6) is 11.5 Å². The second kappa shape index (κ2) is 11.2. The standard InChI is InChI=1S/C30H30FNO3/c31-27-9-4-5-11-29(27)35-26-18-12-23(13-19-26)28-10-6-20-33-30(32-28)24-14-16-25(17-15-24)34-21-22-7-2-1-3-8-22/h1-3,7-8,10,12-19,27,29H,4-6,9,11,20-21H2. The lowest BCUT2D eigenvalue weighted by Crippen LogP contribution is -2.31. The number of ether oxygens (including phenoxy) is 3. The van der Waals surface area contributed by atoms with Crippen molar-refractivity contribution in [2.75, 3.05) is 6.61 Å². The Morgan fingerprint density at radius 1 is 0.829 bits per heavy atom. The molecule has 0 bridgehead atoms. The molecule has 3 aromatic carbocycles. The number of benzene rings is 3. The summed E-state index contributed by atoms with van der Waals surface area (Å²) in [6.07, 6.45) is 4.95. The van der Waals surface area contributed by atoms with Gasteiger partial charge in [0.1, 0.15) is 30.4 Å². The molecule has 2 unspecified atom stereocenters. The van der Waals surface area contributed by atoms with Crippen LogP contribution in [0.3, 0.4) is 0 Å². The van der Waals surface area contributed by atoms with Crippen LogP contribution in [0.4, 0.5) is 4.39 Å². The molecular weight excluding hydrogens is 441 g/mol. The molecule has 5 rings (SSSR count). The van der Waals surface area contributed by atoms with Gasteiger partial charge in [0.25, 0.3) is 0 Å². The van der Waals surface area contributed by atoms with Gasteiger partial charge in [0.05, 0.1) is 12.3 Å². The van der Waals surface area contributed by atoms with Gasteiger partial charge in [-0.05, 0) is 73.4 Å². The molecule has 0 radical (unpaired) electrons. The molecule has 1 heterocycles. The Bertz CT molecular complexity index is 1160. The summed E-state index contributed by atoms with van der Waals surface area (Å²) in [4.78, 5) is 4.81. The van der Waals surface area contributed by atoms with Gasteiger partial charge >= 0.3 is 0 Å². The fourth-order valence-corrected chi connectivity index (χ4v) is 4.37. The second-order valence-electron chi connectivity index (χ2n) is 8.92. The molecule has 0 N–H and O–H groups in total. The van der Waals surface area contributed by atoms with E-state index in [1.165, 1.54) is 0 Å². The summed E-state index contributed by atoms with van der Waals surface area (Å²) in [6, 6.07) is 25.7. The lowest BCUT2D eigenvalue weighted by molar-refractivity contribution is 0.0638. The number of hydrogen-bond donors (Lipinski definition) is 0. The van der Waals surface area contributed by atoms with Gasteiger partial charge in [0.15, 0.2) is 0 Å². The molecule has 5 heteroatoms. The van der Waals surface area contributed by atoms with Gasteiger partial charge in [-0.2, -0.15) is 0 Å². The van der Waals surface area contributed by atoms with Crippen LogP contribution in [-0.4, -0.2) is 24.8 Å². The van der Waals surface area contributed by atoms with Crippen molar-refractivity contribution in [1.82, 2.24) is 0 Å². The van der Waals surface area contributed by atoms with E-state index in [4.69, 9.17) is 19.2 Å². The predicted octanol–water partition coefficient (Wildman–Crippen LogP) is 7.13.